The highest BCUT2D eigenvalue weighted by Crippen LogP contribution is 2.12. The number of nitrogens with one attached hydrogen (secondary N) is 1. The quantitative estimate of drug-likeness (QED) is 0.294. The lowest BCUT2D eigenvalue weighted by Gasteiger charge is -2.18. The number of hydrogen-bond donors (Lipinski definition) is 3. The Kier molecular flexibility index (Phi) is 5.28. The summed E-state index contributed by atoms with van der Waals surface area (Å²) in [6.07, 6.45) is 2.84. The number of oxime groups is 1. The van der Waals surface area contributed by atoms with Crippen molar-refractivity contribution in [1.82, 2.24) is 20.1 Å². The van der Waals surface area contributed by atoms with E-state index in [2.05, 4.69) is 20.7 Å². The number of rotatable bonds is 6. The molecule has 0 aromatic carbocycles. The fraction of sp³-hybridized carbons (Fsp3) is 0.636. The summed E-state index contributed by atoms with van der Waals surface area (Å²) in [6, 6.07) is -0.300. The number of nitrogens with two attached hydrogens (primary N) is 1. The van der Waals surface area contributed by atoms with Crippen LogP contribution in [0.4, 0.5) is 0 Å². The minimum atomic E-state index is -0.634. The smallest absolute Gasteiger partial charge is 0.231 e. The minimum Gasteiger partial charge on any atom is -0.409 e. The zero-order valence-electron chi connectivity index (χ0n) is 11.4. The molecule has 0 bridgehead atoms. The number of aromatic nitrogens is 3. The molecule has 19 heavy (non-hydrogen) atoms. The maximum Gasteiger partial charge on any atom is 0.231 e. The minimum absolute atomic E-state index is 0.0792. The lowest BCUT2D eigenvalue weighted by molar-refractivity contribution is -0.124. The molecule has 1 rings (SSSR count). The Balaban J connectivity index is 2.74. The van der Waals surface area contributed by atoms with E-state index < -0.39 is 5.92 Å². The fourth-order valence-corrected chi connectivity index (χ4v) is 1.83. The van der Waals surface area contributed by atoms with Gasteiger partial charge in [0.15, 0.2) is 11.7 Å². The summed E-state index contributed by atoms with van der Waals surface area (Å²) in [7, 11) is 1.80. The van der Waals surface area contributed by atoms with Crippen molar-refractivity contribution in [2.24, 2.45) is 23.9 Å². The highest BCUT2D eigenvalue weighted by atomic mass is 16.4. The Morgan fingerprint density at radius 1 is 1.68 bits per heavy atom. The zero-order chi connectivity index (χ0) is 14.4. The van der Waals surface area contributed by atoms with Crippen molar-refractivity contribution in [2.75, 3.05) is 0 Å². The van der Waals surface area contributed by atoms with Crippen molar-refractivity contribution in [1.29, 1.82) is 0 Å². The van der Waals surface area contributed by atoms with E-state index in [1.165, 1.54) is 0 Å². The van der Waals surface area contributed by atoms with E-state index in [9.17, 15) is 4.79 Å². The van der Waals surface area contributed by atoms with Crippen LogP contribution in [-0.4, -0.2) is 31.7 Å². The zero-order valence-corrected chi connectivity index (χ0v) is 11.4. The summed E-state index contributed by atoms with van der Waals surface area (Å²) < 4.78 is 1.73. The number of carbonyl (C=O) groups excluding carboxylic acids is 1. The van der Waals surface area contributed by atoms with Crippen molar-refractivity contribution >= 4 is 11.7 Å². The van der Waals surface area contributed by atoms with Gasteiger partial charge >= 0.3 is 0 Å². The molecule has 0 radical (unpaired) electrons. The highest BCUT2D eigenvalue weighted by molar-refractivity contribution is 6.02. The average Bonchev–Trinajstić information content (AvgIpc) is 2.81. The number of nitrogens with zero attached hydrogens (tertiary/aromatic N) is 4. The monoisotopic (exact) mass is 268 g/mol. The Bertz CT molecular complexity index is 456. The first kappa shape index (κ1) is 14.9. The lowest BCUT2D eigenvalue weighted by Crippen LogP contribution is -2.40. The highest BCUT2D eigenvalue weighted by Gasteiger charge is 2.25. The van der Waals surface area contributed by atoms with Gasteiger partial charge in [0.2, 0.25) is 5.91 Å². The van der Waals surface area contributed by atoms with Gasteiger partial charge in [-0.25, -0.2) is 0 Å². The van der Waals surface area contributed by atoms with Crippen molar-refractivity contribution in [3.8, 4) is 0 Å². The first-order chi connectivity index (χ1) is 9.01. The molecule has 1 aromatic heterocycles. The van der Waals surface area contributed by atoms with Crippen LogP contribution in [0.1, 0.15) is 38.6 Å². The molecule has 0 fully saturated rings. The number of hydrogen-bond acceptors (Lipinski definition) is 5. The first-order valence-electron chi connectivity index (χ1n) is 6.12. The van der Waals surface area contributed by atoms with Gasteiger partial charge in [0.05, 0.1) is 12.0 Å². The van der Waals surface area contributed by atoms with Gasteiger partial charge in [-0.1, -0.05) is 18.5 Å². The third-order valence-corrected chi connectivity index (χ3v) is 2.86. The van der Waals surface area contributed by atoms with Gasteiger partial charge < -0.3 is 20.8 Å². The Morgan fingerprint density at radius 3 is 2.84 bits per heavy atom. The van der Waals surface area contributed by atoms with Crippen molar-refractivity contribution in [3.05, 3.63) is 12.2 Å². The molecule has 1 amide bonds. The standard InChI is InChI=1S/C11H20N6O2/c1-4-5-8(9(12)16-19)11(18)14-7(2)10-15-13-6-17(10)3/h6-8,19H,4-5H2,1-3H3,(H2,12,16)(H,14,18). The molecule has 0 aliphatic heterocycles. The summed E-state index contributed by atoms with van der Waals surface area (Å²) in [4.78, 5) is 12.1. The topological polar surface area (TPSA) is 118 Å². The molecule has 8 nitrogen and oxygen atoms in total. The summed E-state index contributed by atoms with van der Waals surface area (Å²) in [5.41, 5.74) is 5.53. The molecule has 0 saturated heterocycles. The van der Waals surface area contributed by atoms with E-state index in [4.69, 9.17) is 10.9 Å². The molecule has 1 heterocycles. The molecule has 4 N–H and O–H groups in total. The molecule has 106 valence electrons. The van der Waals surface area contributed by atoms with Crippen LogP contribution in [0.5, 0.6) is 0 Å². The van der Waals surface area contributed by atoms with Crippen LogP contribution in [0.15, 0.2) is 11.5 Å². The molecule has 1 aromatic rings. The van der Waals surface area contributed by atoms with E-state index in [1.54, 1.807) is 24.9 Å². The fourth-order valence-electron chi connectivity index (χ4n) is 1.83. The number of carbonyl (C=O) groups is 1. The van der Waals surface area contributed by atoms with Gasteiger partial charge in [0.1, 0.15) is 6.33 Å². The summed E-state index contributed by atoms with van der Waals surface area (Å²) >= 11 is 0. The van der Waals surface area contributed by atoms with Crippen molar-refractivity contribution in [2.45, 2.75) is 32.7 Å². The van der Waals surface area contributed by atoms with Crippen LogP contribution in [0.25, 0.3) is 0 Å². The molecule has 0 aliphatic carbocycles. The molecule has 0 aliphatic rings. The van der Waals surface area contributed by atoms with Crippen molar-refractivity contribution < 1.29 is 10.0 Å². The third kappa shape index (κ3) is 3.67. The number of amidine groups is 1. The Morgan fingerprint density at radius 2 is 2.37 bits per heavy atom. The van der Waals surface area contributed by atoms with Crippen LogP contribution in [-0.2, 0) is 11.8 Å². The second-order valence-electron chi connectivity index (χ2n) is 4.40. The normalized spacial score (nSPS) is 15.0. The lowest BCUT2D eigenvalue weighted by atomic mass is 10.0. The van der Waals surface area contributed by atoms with Gasteiger partial charge in [-0.05, 0) is 13.3 Å². The molecular weight excluding hydrogens is 248 g/mol. The second kappa shape index (κ2) is 6.72. The molecular formula is C11H20N6O2. The average molecular weight is 268 g/mol. The van der Waals surface area contributed by atoms with Crippen LogP contribution in [0.2, 0.25) is 0 Å². The predicted octanol–water partition coefficient (Wildman–Crippen LogP) is 0.155. The molecule has 8 heteroatoms. The van der Waals surface area contributed by atoms with Gasteiger partial charge in [-0.3, -0.25) is 4.79 Å². The Hall–Kier alpha value is -2.12. The van der Waals surface area contributed by atoms with Gasteiger partial charge in [-0.15, -0.1) is 10.2 Å². The van der Waals surface area contributed by atoms with Crippen molar-refractivity contribution in [3.63, 3.8) is 0 Å². The van der Waals surface area contributed by atoms with Gasteiger partial charge in [-0.2, -0.15) is 0 Å². The molecule has 0 saturated carbocycles. The number of amides is 1. The summed E-state index contributed by atoms with van der Waals surface area (Å²) in [5, 5.41) is 22.1. The maximum atomic E-state index is 12.1. The van der Waals surface area contributed by atoms with Crippen LogP contribution in [0.3, 0.4) is 0 Å². The summed E-state index contributed by atoms with van der Waals surface area (Å²) in [5.74, 6) is -0.356. The maximum absolute atomic E-state index is 12.1. The van der Waals surface area contributed by atoms with Gasteiger partial charge in [0.25, 0.3) is 0 Å². The van der Waals surface area contributed by atoms with E-state index in [-0.39, 0.29) is 17.8 Å². The largest absolute Gasteiger partial charge is 0.409 e. The second-order valence-corrected chi connectivity index (χ2v) is 4.40. The van der Waals surface area contributed by atoms with E-state index >= 15 is 0 Å². The molecule has 2 atom stereocenters. The SMILES string of the molecule is CCCC(C(=O)NC(C)c1nncn1C)/C(N)=N/O. The van der Waals surface area contributed by atoms with E-state index in [0.29, 0.717) is 12.2 Å². The van der Waals surface area contributed by atoms with Crippen LogP contribution >= 0.6 is 0 Å². The van der Waals surface area contributed by atoms with E-state index in [0.717, 1.165) is 6.42 Å². The molecule has 0 spiro atoms. The van der Waals surface area contributed by atoms with Gasteiger partial charge in [0, 0.05) is 7.05 Å². The number of aryl methyl sites for hydroxylation is 1. The summed E-state index contributed by atoms with van der Waals surface area (Å²) in [6.45, 7) is 3.73. The molecule has 2 unspecified atom stereocenters. The van der Waals surface area contributed by atoms with E-state index in [1.807, 2.05) is 6.92 Å². The third-order valence-electron chi connectivity index (χ3n) is 2.86. The predicted molar refractivity (Wildman–Crippen MR) is 69.4 cm³/mol. The first-order valence-corrected chi connectivity index (χ1v) is 6.12. The van der Waals surface area contributed by atoms with Crippen LogP contribution in [0, 0.1) is 5.92 Å². The van der Waals surface area contributed by atoms with Crippen LogP contribution < -0.4 is 11.1 Å². The Labute approximate surface area is 111 Å².